The summed E-state index contributed by atoms with van der Waals surface area (Å²) >= 11 is 2.90. The van der Waals surface area contributed by atoms with Gasteiger partial charge in [-0.2, -0.15) is 0 Å². The quantitative estimate of drug-likeness (QED) is 0.562. The van der Waals surface area contributed by atoms with E-state index in [0.29, 0.717) is 34.2 Å². The molecule has 0 aliphatic heterocycles. The van der Waals surface area contributed by atoms with E-state index in [1.165, 1.54) is 50.4 Å². The minimum Gasteiger partial charge on any atom is -0.383 e. The summed E-state index contributed by atoms with van der Waals surface area (Å²) < 4.78 is 6.48. The Balaban J connectivity index is 1.66. The second-order valence-corrected chi connectivity index (χ2v) is 9.17. The number of ether oxygens (including phenoxy) is 1. The monoisotopic (exact) mass is 442 g/mol. The number of ketones is 1. The van der Waals surface area contributed by atoms with Crippen molar-refractivity contribution in [2.45, 2.75) is 32.2 Å². The minimum absolute atomic E-state index is 0.0373. The van der Waals surface area contributed by atoms with Crippen molar-refractivity contribution in [3.8, 4) is 0 Å². The molecule has 0 atom stereocenters. The molecule has 0 aromatic carbocycles. The van der Waals surface area contributed by atoms with Crippen LogP contribution in [0.5, 0.6) is 0 Å². The van der Waals surface area contributed by atoms with E-state index in [1.54, 1.807) is 7.11 Å². The van der Waals surface area contributed by atoms with Crippen molar-refractivity contribution >= 4 is 39.4 Å². The highest BCUT2D eigenvalue weighted by molar-refractivity contribution is 7.17. The maximum atomic E-state index is 13.2. The summed E-state index contributed by atoms with van der Waals surface area (Å²) in [5.74, 6) is -0.371. The first-order chi connectivity index (χ1) is 14.6. The van der Waals surface area contributed by atoms with Gasteiger partial charge in [-0.1, -0.05) is 6.07 Å². The number of carbonyl (C=O) groups is 2. The number of hydrogen-bond acceptors (Lipinski definition) is 6. The molecule has 3 aromatic heterocycles. The molecule has 1 aliphatic carbocycles. The van der Waals surface area contributed by atoms with E-state index in [1.807, 2.05) is 17.5 Å². The lowest BCUT2D eigenvalue weighted by Crippen LogP contribution is -2.23. The van der Waals surface area contributed by atoms with E-state index in [9.17, 15) is 14.4 Å². The smallest absolute Gasteiger partial charge is 0.257 e. The summed E-state index contributed by atoms with van der Waals surface area (Å²) in [6.45, 7) is 0.744. The number of aromatic nitrogens is 1. The summed E-state index contributed by atoms with van der Waals surface area (Å²) in [5.41, 5.74) is 1.87. The van der Waals surface area contributed by atoms with Crippen LogP contribution in [0.15, 0.2) is 40.6 Å². The average molecular weight is 443 g/mol. The Morgan fingerprint density at radius 3 is 2.80 bits per heavy atom. The van der Waals surface area contributed by atoms with Gasteiger partial charge in [-0.25, -0.2) is 0 Å². The Kier molecular flexibility index (Phi) is 6.26. The summed E-state index contributed by atoms with van der Waals surface area (Å²) in [7, 11) is 1.56. The van der Waals surface area contributed by atoms with Crippen molar-refractivity contribution < 1.29 is 14.3 Å². The van der Waals surface area contributed by atoms with Gasteiger partial charge in [0.1, 0.15) is 5.00 Å². The van der Waals surface area contributed by atoms with E-state index < -0.39 is 0 Å². The van der Waals surface area contributed by atoms with Crippen molar-refractivity contribution in [2.24, 2.45) is 0 Å². The lowest BCUT2D eigenvalue weighted by atomic mass is 9.93. The molecule has 0 unspecified atom stereocenters. The molecule has 0 saturated carbocycles. The molecule has 156 valence electrons. The maximum Gasteiger partial charge on any atom is 0.257 e. The molecule has 1 amide bonds. The topological polar surface area (TPSA) is 77.4 Å². The van der Waals surface area contributed by atoms with Crippen LogP contribution in [0.25, 0.3) is 0 Å². The van der Waals surface area contributed by atoms with Crippen LogP contribution in [0.2, 0.25) is 0 Å². The van der Waals surface area contributed by atoms with E-state index in [-0.39, 0.29) is 17.2 Å². The van der Waals surface area contributed by atoms with E-state index in [4.69, 9.17) is 4.74 Å². The molecule has 3 aromatic rings. The number of rotatable bonds is 7. The molecule has 0 bridgehead atoms. The molecule has 1 N–H and O–H groups in total. The van der Waals surface area contributed by atoms with Crippen molar-refractivity contribution in [3.05, 3.63) is 72.6 Å². The number of aryl methyl sites for hydroxylation is 1. The number of methoxy groups -OCH3 is 1. The number of hydrogen-bond donors (Lipinski definition) is 1. The molecule has 1 aliphatic rings. The first-order valence-electron chi connectivity index (χ1n) is 9.82. The fourth-order valence-corrected chi connectivity index (χ4v) is 5.58. The third-order valence-corrected chi connectivity index (χ3v) is 7.23. The standard InChI is InChI=1S/C22H22N2O4S2/c1-28-11-10-24-13-14(8-9-18(24)25)21(27)23-22-19(20(26)17-7-4-12-29-17)15-5-2-3-6-16(15)30-22/h4,7-9,12-13H,2-3,5-6,10-11H2,1H3,(H,23,27). The van der Waals surface area contributed by atoms with Crippen LogP contribution in [-0.2, 0) is 24.1 Å². The third-order valence-electron chi connectivity index (χ3n) is 5.15. The van der Waals surface area contributed by atoms with Crippen molar-refractivity contribution in [3.63, 3.8) is 0 Å². The summed E-state index contributed by atoms with van der Waals surface area (Å²) in [6, 6.07) is 6.56. The van der Waals surface area contributed by atoms with Gasteiger partial charge in [0.2, 0.25) is 5.78 Å². The average Bonchev–Trinajstić information content (AvgIpc) is 3.40. The van der Waals surface area contributed by atoms with Crippen LogP contribution in [-0.4, -0.2) is 30.0 Å². The molecule has 30 heavy (non-hydrogen) atoms. The van der Waals surface area contributed by atoms with Gasteiger partial charge >= 0.3 is 0 Å². The van der Waals surface area contributed by atoms with Crippen LogP contribution in [0.4, 0.5) is 5.00 Å². The Bertz CT molecular complexity index is 1130. The van der Waals surface area contributed by atoms with Crippen LogP contribution in [0, 0.1) is 0 Å². The highest BCUT2D eigenvalue weighted by Gasteiger charge is 2.27. The molecule has 4 rings (SSSR count). The number of anilines is 1. The highest BCUT2D eigenvalue weighted by Crippen LogP contribution is 2.40. The Morgan fingerprint density at radius 2 is 2.03 bits per heavy atom. The summed E-state index contributed by atoms with van der Waals surface area (Å²) in [5, 5.41) is 5.43. The van der Waals surface area contributed by atoms with Crippen molar-refractivity contribution in [2.75, 3.05) is 19.0 Å². The van der Waals surface area contributed by atoms with Gasteiger partial charge in [0, 0.05) is 30.8 Å². The van der Waals surface area contributed by atoms with E-state index in [0.717, 1.165) is 31.2 Å². The van der Waals surface area contributed by atoms with Gasteiger partial charge < -0.3 is 14.6 Å². The summed E-state index contributed by atoms with van der Waals surface area (Å²) in [6.07, 6.45) is 5.47. The van der Waals surface area contributed by atoms with Crippen LogP contribution in [0.3, 0.4) is 0 Å². The number of thiophene rings is 2. The van der Waals surface area contributed by atoms with Crippen LogP contribution in [0.1, 0.15) is 48.9 Å². The van der Waals surface area contributed by atoms with Crippen molar-refractivity contribution in [1.29, 1.82) is 0 Å². The second kappa shape index (κ2) is 9.07. The fraction of sp³-hybridized carbons (Fsp3) is 0.318. The molecular weight excluding hydrogens is 420 g/mol. The SMILES string of the molecule is COCCn1cc(C(=O)Nc2sc3c(c2C(=O)c2cccs2)CCCC3)ccc1=O. The molecule has 6 nitrogen and oxygen atoms in total. The molecule has 0 spiro atoms. The van der Waals surface area contributed by atoms with Crippen LogP contribution < -0.4 is 10.9 Å². The van der Waals surface area contributed by atoms with Gasteiger partial charge in [-0.05, 0) is 48.8 Å². The third kappa shape index (κ3) is 4.16. The van der Waals surface area contributed by atoms with Gasteiger partial charge in [-0.3, -0.25) is 14.4 Å². The molecule has 0 radical (unpaired) electrons. The zero-order valence-electron chi connectivity index (χ0n) is 16.6. The Hall–Kier alpha value is -2.55. The first-order valence-corrected chi connectivity index (χ1v) is 11.5. The van der Waals surface area contributed by atoms with Crippen molar-refractivity contribution in [1.82, 2.24) is 4.57 Å². The number of amides is 1. The first kappa shape index (κ1) is 20.7. The maximum absolute atomic E-state index is 13.2. The van der Waals surface area contributed by atoms with Gasteiger partial charge in [-0.15, -0.1) is 22.7 Å². The Morgan fingerprint density at radius 1 is 1.20 bits per heavy atom. The predicted molar refractivity (Wildman–Crippen MR) is 119 cm³/mol. The number of carbonyl (C=O) groups excluding carboxylic acids is 2. The van der Waals surface area contributed by atoms with Gasteiger partial charge in [0.05, 0.1) is 22.6 Å². The normalized spacial score (nSPS) is 13.1. The lowest BCUT2D eigenvalue weighted by molar-refractivity contribution is 0.102. The van der Waals surface area contributed by atoms with E-state index >= 15 is 0 Å². The second-order valence-electron chi connectivity index (χ2n) is 7.12. The number of nitrogens with zero attached hydrogens (tertiary/aromatic N) is 1. The number of fused-ring (bicyclic) bond motifs is 1. The lowest BCUT2D eigenvalue weighted by Gasteiger charge is -2.12. The molecule has 0 fully saturated rings. The molecular formula is C22H22N2O4S2. The largest absolute Gasteiger partial charge is 0.383 e. The zero-order chi connectivity index (χ0) is 21.1. The fourth-order valence-electron chi connectivity index (χ4n) is 3.63. The van der Waals surface area contributed by atoms with Gasteiger partial charge in [0.25, 0.3) is 11.5 Å². The number of nitrogens with one attached hydrogen (secondary N) is 1. The predicted octanol–water partition coefficient (Wildman–Crippen LogP) is 3.98. The molecule has 8 heteroatoms. The Labute approximate surface area is 182 Å². The molecule has 3 heterocycles. The summed E-state index contributed by atoms with van der Waals surface area (Å²) in [4.78, 5) is 40.0. The van der Waals surface area contributed by atoms with Crippen LogP contribution >= 0.6 is 22.7 Å². The molecule has 0 saturated heterocycles. The highest BCUT2D eigenvalue weighted by atomic mass is 32.1. The zero-order valence-corrected chi connectivity index (χ0v) is 18.2. The van der Waals surface area contributed by atoms with E-state index in [2.05, 4.69) is 5.32 Å². The minimum atomic E-state index is -0.333. The number of pyridine rings is 1. The van der Waals surface area contributed by atoms with Gasteiger partial charge in [0.15, 0.2) is 0 Å².